The van der Waals surface area contributed by atoms with E-state index in [1.54, 1.807) is 14.2 Å². The summed E-state index contributed by atoms with van der Waals surface area (Å²) in [6.07, 6.45) is 0.749. The summed E-state index contributed by atoms with van der Waals surface area (Å²) in [6, 6.07) is 5.79. The van der Waals surface area contributed by atoms with Crippen LogP contribution in [0.15, 0.2) is 30.4 Å². The third-order valence-corrected chi connectivity index (χ3v) is 3.49. The van der Waals surface area contributed by atoms with Crippen molar-refractivity contribution in [2.45, 2.75) is 20.3 Å². The lowest BCUT2D eigenvalue weighted by atomic mass is 10.1. The van der Waals surface area contributed by atoms with Crippen molar-refractivity contribution in [1.82, 2.24) is 10.2 Å². The van der Waals surface area contributed by atoms with Gasteiger partial charge in [0.05, 0.1) is 20.8 Å². The van der Waals surface area contributed by atoms with Gasteiger partial charge in [0.15, 0.2) is 11.5 Å². The normalized spacial score (nSPS) is 10.5. The molecule has 0 heterocycles. The molecular weight excluding hydrogens is 292 g/mol. The lowest BCUT2D eigenvalue weighted by molar-refractivity contribution is -0.122. The highest BCUT2D eigenvalue weighted by Gasteiger charge is 2.09. The van der Waals surface area contributed by atoms with Gasteiger partial charge < -0.3 is 14.8 Å². The summed E-state index contributed by atoms with van der Waals surface area (Å²) in [7, 11) is 3.23. The number of nitrogens with zero attached hydrogens (tertiary/aromatic N) is 1. The van der Waals surface area contributed by atoms with Gasteiger partial charge in [-0.3, -0.25) is 9.69 Å². The number of carbonyl (C=O) groups is 1. The first-order valence-electron chi connectivity index (χ1n) is 7.84. The fourth-order valence-electron chi connectivity index (χ4n) is 2.30. The standard InChI is InChI=1S/C18H28N2O3/c1-6-20(12-14(2)3)13-18(21)19-10-9-15-7-8-16(22-4)17(11-15)23-5/h7-8,11H,2,6,9-10,12-13H2,1,3-5H3,(H,19,21). The molecule has 23 heavy (non-hydrogen) atoms. The van der Waals surface area contributed by atoms with Crippen molar-refractivity contribution in [3.05, 3.63) is 35.9 Å². The van der Waals surface area contributed by atoms with Gasteiger partial charge in [0.1, 0.15) is 0 Å². The summed E-state index contributed by atoms with van der Waals surface area (Å²) >= 11 is 0. The molecular formula is C18H28N2O3. The quantitative estimate of drug-likeness (QED) is 0.672. The van der Waals surface area contributed by atoms with Gasteiger partial charge in [0, 0.05) is 13.1 Å². The topological polar surface area (TPSA) is 50.8 Å². The molecule has 0 bridgehead atoms. The predicted molar refractivity (Wildman–Crippen MR) is 93.2 cm³/mol. The Hall–Kier alpha value is -2.01. The molecule has 5 nitrogen and oxygen atoms in total. The highest BCUT2D eigenvalue weighted by molar-refractivity contribution is 5.78. The molecule has 1 aromatic rings. The molecule has 0 saturated heterocycles. The first kappa shape index (κ1) is 19.0. The monoisotopic (exact) mass is 320 g/mol. The van der Waals surface area contributed by atoms with E-state index in [1.807, 2.05) is 32.0 Å². The van der Waals surface area contributed by atoms with Crippen molar-refractivity contribution in [3.63, 3.8) is 0 Å². The molecule has 0 aliphatic heterocycles. The second kappa shape index (κ2) is 9.90. The number of ether oxygens (including phenoxy) is 2. The fraction of sp³-hybridized carbons (Fsp3) is 0.500. The number of hydrogen-bond acceptors (Lipinski definition) is 4. The van der Waals surface area contributed by atoms with Crippen molar-refractivity contribution in [2.24, 2.45) is 0 Å². The highest BCUT2D eigenvalue weighted by atomic mass is 16.5. The van der Waals surface area contributed by atoms with E-state index in [4.69, 9.17) is 9.47 Å². The minimum Gasteiger partial charge on any atom is -0.493 e. The minimum absolute atomic E-state index is 0.0357. The summed E-state index contributed by atoms with van der Waals surface area (Å²) in [6.45, 7) is 10.5. The van der Waals surface area contributed by atoms with E-state index in [0.717, 1.165) is 30.6 Å². The first-order valence-corrected chi connectivity index (χ1v) is 7.84. The molecule has 0 aromatic heterocycles. The zero-order valence-electron chi connectivity index (χ0n) is 14.6. The summed E-state index contributed by atoms with van der Waals surface area (Å²) in [5.41, 5.74) is 2.15. The van der Waals surface area contributed by atoms with Crippen LogP contribution >= 0.6 is 0 Å². The van der Waals surface area contributed by atoms with Crippen LogP contribution in [0, 0.1) is 0 Å². The molecule has 0 fully saturated rings. The van der Waals surface area contributed by atoms with Crippen LogP contribution < -0.4 is 14.8 Å². The van der Waals surface area contributed by atoms with Crippen LogP contribution in [0.25, 0.3) is 0 Å². The lowest BCUT2D eigenvalue weighted by Gasteiger charge is -2.19. The molecule has 5 heteroatoms. The summed E-state index contributed by atoms with van der Waals surface area (Å²) in [5, 5.41) is 2.95. The Morgan fingerprint density at radius 3 is 2.48 bits per heavy atom. The Balaban J connectivity index is 2.44. The van der Waals surface area contributed by atoms with Gasteiger partial charge in [-0.1, -0.05) is 25.1 Å². The average Bonchev–Trinajstić information content (AvgIpc) is 2.53. The average molecular weight is 320 g/mol. The third-order valence-electron chi connectivity index (χ3n) is 3.49. The molecule has 0 aliphatic rings. The maximum Gasteiger partial charge on any atom is 0.234 e. The molecule has 0 saturated carbocycles. The van der Waals surface area contributed by atoms with Crippen molar-refractivity contribution >= 4 is 5.91 Å². The second-order valence-electron chi connectivity index (χ2n) is 5.55. The molecule has 0 atom stereocenters. The van der Waals surface area contributed by atoms with Crippen LogP contribution in [0.2, 0.25) is 0 Å². The van der Waals surface area contributed by atoms with Gasteiger partial charge in [0.25, 0.3) is 0 Å². The Labute approximate surface area is 139 Å². The number of likely N-dealkylation sites (N-methyl/N-ethyl adjacent to an activating group) is 1. The van der Waals surface area contributed by atoms with Gasteiger partial charge in [-0.25, -0.2) is 0 Å². The number of benzene rings is 1. The largest absolute Gasteiger partial charge is 0.493 e. The van der Waals surface area contributed by atoms with E-state index < -0.39 is 0 Å². The maximum atomic E-state index is 12.0. The fourth-order valence-corrected chi connectivity index (χ4v) is 2.30. The Kier molecular flexibility index (Phi) is 8.19. The number of carbonyl (C=O) groups excluding carboxylic acids is 1. The highest BCUT2D eigenvalue weighted by Crippen LogP contribution is 2.27. The zero-order valence-corrected chi connectivity index (χ0v) is 14.6. The van der Waals surface area contributed by atoms with Crippen LogP contribution in [0.4, 0.5) is 0 Å². The van der Waals surface area contributed by atoms with Crippen LogP contribution in [-0.2, 0) is 11.2 Å². The molecule has 1 aromatic carbocycles. The Morgan fingerprint density at radius 1 is 1.22 bits per heavy atom. The minimum atomic E-state index is 0.0357. The smallest absolute Gasteiger partial charge is 0.234 e. The summed E-state index contributed by atoms with van der Waals surface area (Å²) in [5.74, 6) is 1.45. The summed E-state index contributed by atoms with van der Waals surface area (Å²) in [4.78, 5) is 14.0. The van der Waals surface area contributed by atoms with Crippen LogP contribution in [0.3, 0.4) is 0 Å². The van der Waals surface area contributed by atoms with Crippen LogP contribution in [0.1, 0.15) is 19.4 Å². The predicted octanol–water partition coefficient (Wildman–Crippen LogP) is 2.26. The number of hydrogen-bond donors (Lipinski definition) is 1. The molecule has 128 valence electrons. The molecule has 1 N–H and O–H groups in total. The van der Waals surface area contributed by atoms with E-state index in [1.165, 1.54) is 0 Å². The van der Waals surface area contributed by atoms with E-state index in [0.29, 0.717) is 24.6 Å². The molecule has 0 radical (unpaired) electrons. The Bertz CT molecular complexity index is 529. The van der Waals surface area contributed by atoms with Gasteiger partial charge in [-0.2, -0.15) is 0 Å². The van der Waals surface area contributed by atoms with Gasteiger partial charge >= 0.3 is 0 Å². The first-order chi connectivity index (χ1) is 11.0. The SMILES string of the molecule is C=C(C)CN(CC)CC(=O)NCCc1ccc(OC)c(OC)c1. The van der Waals surface area contributed by atoms with Gasteiger partial charge in [0.2, 0.25) is 5.91 Å². The summed E-state index contributed by atoms with van der Waals surface area (Å²) < 4.78 is 10.5. The van der Waals surface area contributed by atoms with Crippen molar-refractivity contribution in [2.75, 3.05) is 40.4 Å². The molecule has 0 aliphatic carbocycles. The molecule has 0 unspecified atom stereocenters. The van der Waals surface area contributed by atoms with Gasteiger partial charge in [-0.15, -0.1) is 0 Å². The third kappa shape index (κ3) is 6.74. The van der Waals surface area contributed by atoms with Crippen molar-refractivity contribution < 1.29 is 14.3 Å². The number of methoxy groups -OCH3 is 2. The van der Waals surface area contributed by atoms with Crippen molar-refractivity contribution in [3.8, 4) is 11.5 Å². The zero-order chi connectivity index (χ0) is 17.2. The van der Waals surface area contributed by atoms with Gasteiger partial charge in [-0.05, 0) is 37.6 Å². The number of nitrogens with one attached hydrogen (secondary N) is 1. The van der Waals surface area contributed by atoms with Crippen LogP contribution in [-0.4, -0.2) is 51.2 Å². The van der Waals surface area contributed by atoms with Crippen molar-refractivity contribution in [1.29, 1.82) is 0 Å². The Morgan fingerprint density at radius 2 is 1.91 bits per heavy atom. The van der Waals surface area contributed by atoms with Crippen LogP contribution in [0.5, 0.6) is 11.5 Å². The maximum absolute atomic E-state index is 12.0. The van der Waals surface area contributed by atoms with E-state index >= 15 is 0 Å². The lowest BCUT2D eigenvalue weighted by Crippen LogP contribution is -2.38. The molecule has 1 amide bonds. The molecule has 1 rings (SSSR count). The van der Waals surface area contributed by atoms with E-state index in [-0.39, 0.29) is 5.91 Å². The number of rotatable bonds is 10. The number of amides is 1. The van der Waals surface area contributed by atoms with E-state index in [9.17, 15) is 4.79 Å². The molecule has 0 spiro atoms. The second-order valence-corrected chi connectivity index (χ2v) is 5.55. The van der Waals surface area contributed by atoms with E-state index in [2.05, 4.69) is 16.8 Å².